The Morgan fingerprint density at radius 2 is 1.56 bits per heavy atom. The molecule has 0 aliphatic rings. The average molecular weight is 357 g/mol. The van der Waals surface area contributed by atoms with E-state index < -0.39 is 0 Å². The molecule has 4 rings (SSSR count). The maximum absolute atomic E-state index is 4.61. The summed E-state index contributed by atoms with van der Waals surface area (Å²) >= 11 is 0. The molecule has 1 N–H and O–H groups in total. The molecule has 1 unspecified atom stereocenters. The van der Waals surface area contributed by atoms with Gasteiger partial charge in [-0.25, -0.2) is 4.98 Å². The van der Waals surface area contributed by atoms with Crippen molar-refractivity contribution < 1.29 is 0 Å². The maximum atomic E-state index is 4.61. The van der Waals surface area contributed by atoms with E-state index in [1.807, 2.05) is 0 Å². The zero-order chi connectivity index (χ0) is 19.0. The number of hydrogen-bond donors (Lipinski definition) is 1. The van der Waals surface area contributed by atoms with E-state index in [1.165, 1.54) is 27.5 Å². The van der Waals surface area contributed by atoms with Gasteiger partial charge in [-0.15, -0.1) is 0 Å². The number of aromatic nitrogens is 2. The van der Waals surface area contributed by atoms with Gasteiger partial charge in [0.15, 0.2) is 0 Å². The second kappa shape index (κ2) is 7.19. The lowest BCUT2D eigenvalue weighted by Crippen LogP contribution is -2.07. The summed E-state index contributed by atoms with van der Waals surface area (Å²) in [6, 6.07) is 20.2. The highest BCUT2D eigenvalue weighted by atomic mass is 14.9. The minimum atomic E-state index is 0.705. The molecular weight excluding hydrogens is 328 g/mol. The standard InChI is InChI=1S/C25H28N2/c1-5-25-26-23-11-10-22(15-24(23)27-25)21-9-8-19-13-18(6-7-20(19)14-21)12-17(4)16(2)3/h6-11,13-17H,5,12H2,1-4H3,(H,26,27). The Morgan fingerprint density at radius 1 is 0.852 bits per heavy atom. The molecule has 0 bridgehead atoms. The first-order valence-electron chi connectivity index (χ1n) is 10.0. The molecule has 1 atom stereocenters. The van der Waals surface area contributed by atoms with Crippen LogP contribution in [-0.2, 0) is 12.8 Å². The number of aryl methyl sites for hydroxylation is 1. The lowest BCUT2D eigenvalue weighted by Gasteiger charge is -2.15. The fourth-order valence-corrected chi connectivity index (χ4v) is 3.62. The normalized spacial score (nSPS) is 12.9. The van der Waals surface area contributed by atoms with Crippen LogP contribution in [-0.4, -0.2) is 9.97 Å². The molecule has 2 nitrogen and oxygen atoms in total. The topological polar surface area (TPSA) is 28.7 Å². The summed E-state index contributed by atoms with van der Waals surface area (Å²) < 4.78 is 0. The van der Waals surface area contributed by atoms with Gasteiger partial charge in [0.1, 0.15) is 5.82 Å². The second-order valence-electron chi connectivity index (χ2n) is 8.09. The molecule has 27 heavy (non-hydrogen) atoms. The first-order valence-corrected chi connectivity index (χ1v) is 10.0. The molecule has 0 spiro atoms. The predicted molar refractivity (Wildman–Crippen MR) is 116 cm³/mol. The first kappa shape index (κ1) is 17.8. The molecule has 0 amide bonds. The number of imidazole rings is 1. The fraction of sp³-hybridized carbons (Fsp3) is 0.320. The number of H-pyrrole nitrogens is 1. The fourth-order valence-electron chi connectivity index (χ4n) is 3.62. The molecule has 0 radical (unpaired) electrons. The number of aromatic amines is 1. The van der Waals surface area contributed by atoms with Gasteiger partial charge >= 0.3 is 0 Å². The van der Waals surface area contributed by atoms with Gasteiger partial charge in [-0.05, 0) is 63.9 Å². The van der Waals surface area contributed by atoms with Gasteiger partial charge in [0.25, 0.3) is 0 Å². The van der Waals surface area contributed by atoms with Crippen molar-refractivity contribution >= 4 is 21.8 Å². The van der Waals surface area contributed by atoms with Crippen LogP contribution in [0, 0.1) is 11.8 Å². The Morgan fingerprint density at radius 3 is 2.33 bits per heavy atom. The van der Waals surface area contributed by atoms with Crippen molar-refractivity contribution in [2.24, 2.45) is 11.8 Å². The number of hydrogen-bond acceptors (Lipinski definition) is 1. The van der Waals surface area contributed by atoms with E-state index in [1.54, 1.807) is 0 Å². The summed E-state index contributed by atoms with van der Waals surface area (Å²) in [5.74, 6) is 2.47. The van der Waals surface area contributed by atoms with Crippen LogP contribution in [0.25, 0.3) is 32.9 Å². The minimum Gasteiger partial charge on any atom is -0.342 e. The third kappa shape index (κ3) is 3.62. The number of rotatable bonds is 5. The van der Waals surface area contributed by atoms with Crippen molar-refractivity contribution in [2.75, 3.05) is 0 Å². The molecule has 0 aliphatic heterocycles. The molecule has 0 saturated heterocycles. The monoisotopic (exact) mass is 356 g/mol. The quantitative estimate of drug-likeness (QED) is 0.419. The van der Waals surface area contributed by atoms with Crippen molar-refractivity contribution in [3.05, 3.63) is 66.0 Å². The van der Waals surface area contributed by atoms with Crippen molar-refractivity contribution in [1.82, 2.24) is 9.97 Å². The van der Waals surface area contributed by atoms with Gasteiger partial charge in [0.05, 0.1) is 11.0 Å². The molecular formula is C25H28N2. The number of benzene rings is 3. The van der Waals surface area contributed by atoms with Crippen LogP contribution in [0.1, 0.15) is 39.1 Å². The highest BCUT2D eigenvalue weighted by Gasteiger charge is 2.09. The van der Waals surface area contributed by atoms with Crippen LogP contribution in [0.4, 0.5) is 0 Å². The van der Waals surface area contributed by atoms with Crippen LogP contribution in [0.5, 0.6) is 0 Å². The smallest absolute Gasteiger partial charge is 0.106 e. The highest BCUT2D eigenvalue weighted by Crippen LogP contribution is 2.28. The molecule has 0 saturated carbocycles. The summed E-state index contributed by atoms with van der Waals surface area (Å²) in [5.41, 5.74) is 6.07. The predicted octanol–water partition coefficient (Wildman–Crippen LogP) is 6.78. The van der Waals surface area contributed by atoms with E-state index in [-0.39, 0.29) is 0 Å². The lowest BCUT2D eigenvalue weighted by atomic mass is 9.90. The van der Waals surface area contributed by atoms with Gasteiger partial charge in [-0.2, -0.15) is 0 Å². The van der Waals surface area contributed by atoms with E-state index >= 15 is 0 Å². The SMILES string of the molecule is CCc1nc2ccc(-c3ccc4cc(CC(C)C(C)C)ccc4c3)cc2[nH]1. The van der Waals surface area contributed by atoms with Crippen LogP contribution in [0.2, 0.25) is 0 Å². The summed E-state index contributed by atoms with van der Waals surface area (Å²) in [7, 11) is 0. The zero-order valence-electron chi connectivity index (χ0n) is 16.7. The zero-order valence-corrected chi connectivity index (χ0v) is 16.7. The molecule has 1 heterocycles. The minimum absolute atomic E-state index is 0.705. The Labute approximate surface area is 161 Å². The molecule has 4 aromatic rings. The summed E-state index contributed by atoms with van der Waals surface area (Å²) in [6.07, 6.45) is 2.07. The van der Waals surface area contributed by atoms with Gasteiger partial charge < -0.3 is 4.98 Å². The van der Waals surface area contributed by atoms with Crippen molar-refractivity contribution in [2.45, 2.75) is 40.5 Å². The Balaban J connectivity index is 1.67. The lowest BCUT2D eigenvalue weighted by molar-refractivity contribution is 0.417. The van der Waals surface area contributed by atoms with Crippen LogP contribution >= 0.6 is 0 Å². The first-order chi connectivity index (χ1) is 13.0. The van der Waals surface area contributed by atoms with Crippen molar-refractivity contribution in [1.29, 1.82) is 0 Å². The van der Waals surface area contributed by atoms with Crippen molar-refractivity contribution in [3.8, 4) is 11.1 Å². The van der Waals surface area contributed by atoms with Gasteiger partial charge in [0.2, 0.25) is 0 Å². The highest BCUT2D eigenvalue weighted by molar-refractivity contribution is 5.89. The molecule has 3 aromatic carbocycles. The second-order valence-corrected chi connectivity index (χ2v) is 8.09. The average Bonchev–Trinajstić information content (AvgIpc) is 3.09. The Kier molecular flexibility index (Phi) is 4.73. The summed E-state index contributed by atoms with van der Waals surface area (Å²) in [5, 5.41) is 2.62. The summed E-state index contributed by atoms with van der Waals surface area (Å²) in [4.78, 5) is 8.02. The third-order valence-electron chi connectivity index (χ3n) is 5.80. The molecule has 138 valence electrons. The maximum Gasteiger partial charge on any atom is 0.106 e. The van der Waals surface area contributed by atoms with E-state index in [9.17, 15) is 0 Å². The van der Waals surface area contributed by atoms with E-state index in [0.717, 1.165) is 29.7 Å². The van der Waals surface area contributed by atoms with Crippen LogP contribution < -0.4 is 0 Å². The van der Waals surface area contributed by atoms with Crippen LogP contribution in [0.15, 0.2) is 54.6 Å². The number of nitrogens with one attached hydrogen (secondary N) is 1. The third-order valence-corrected chi connectivity index (χ3v) is 5.80. The molecule has 0 aliphatic carbocycles. The van der Waals surface area contributed by atoms with Gasteiger partial charge in [0, 0.05) is 6.42 Å². The number of nitrogens with zero attached hydrogens (tertiary/aromatic N) is 1. The summed E-state index contributed by atoms with van der Waals surface area (Å²) in [6.45, 7) is 9.07. The Bertz CT molecular complexity index is 1090. The molecule has 1 aromatic heterocycles. The van der Waals surface area contributed by atoms with Gasteiger partial charge in [-0.3, -0.25) is 0 Å². The molecule has 2 heteroatoms. The van der Waals surface area contributed by atoms with E-state index in [0.29, 0.717) is 11.8 Å². The number of fused-ring (bicyclic) bond motifs is 2. The Hall–Kier alpha value is -2.61. The van der Waals surface area contributed by atoms with Crippen molar-refractivity contribution in [3.63, 3.8) is 0 Å². The van der Waals surface area contributed by atoms with E-state index in [4.69, 9.17) is 0 Å². The molecule has 0 fully saturated rings. The van der Waals surface area contributed by atoms with Gasteiger partial charge in [-0.1, -0.05) is 64.1 Å². The van der Waals surface area contributed by atoms with E-state index in [2.05, 4.69) is 92.3 Å². The largest absolute Gasteiger partial charge is 0.342 e. The van der Waals surface area contributed by atoms with Crippen LogP contribution in [0.3, 0.4) is 0 Å².